The molecule has 4 rings (SSSR count). The molecule has 0 saturated carbocycles. The van der Waals surface area contributed by atoms with Gasteiger partial charge in [-0.15, -0.1) is 0 Å². The maximum absolute atomic E-state index is 5.83. The first-order chi connectivity index (χ1) is 11.0. The first-order valence-corrected chi connectivity index (χ1v) is 8.62. The lowest BCUT2D eigenvalue weighted by Gasteiger charge is -2.18. The van der Waals surface area contributed by atoms with E-state index in [-0.39, 0.29) is 0 Å². The van der Waals surface area contributed by atoms with E-state index >= 15 is 0 Å². The summed E-state index contributed by atoms with van der Waals surface area (Å²) in [6.45, 7) is 7.18. The molecule has 3 nitrogen and oxygen atoms in total. The third-order valence-corrected chi connectivity index (χ3v) is 4.42. The largest absolute Gasteiger partial charge is 0.455 e. The van der Waals surface area contributed by atoms with Gasteiger partial charge in [0.2, 0.25) is 0 Å². The predicted molar refractivity (Wildman–Crippen MR) is 101 cm³/mol. The van der Waals surface area contributed by atoms with E-state index in [9.17, 15) is 0 Å². The molecule has 0 saturated heterocycles. The number of nitrogens with two attached hydrogens (primary N) is 1. The fourth-order valence-electron chi connectivity index (χ4n) is 2.15. The molecule has 0 aliphatic carbocycles. The van der Waals surface area contributed by atoms with Crippen LogP contribution in [-0.4, -0.2) is 12.4 Å². The molecular formula is C19H23BrN2O. The van der Waals surface area contributed by atoms with Crippen LogP contribution >= 0.6 is 15.9 Å². The molecule has 2 aromatic carbocycles. The molecule has 2 aliphatic heterocycles. The minimum absolute atomic E-state index is 0.736. The molecule has 2 bridgehead atoms. The van der Waals surface area contributed by atoms with Crippen molar-refractivity contribution in [3.05, 3.63) is 57.6 Å². The first-order valence-electron chi connectivity index (χ1n) is 7.82. The molecule has 23 heavy (non-hydrogen) atoms. The van der Waals surface area contributed by atoms with Crippen LogP contribution in [0.25, 0.3) is 0 Å². The van der Waals surface area contributed by atoms with Crippen LogP contribution in [-0.2, 0) is 6.42 Å². The summed E-state index contributed by atoms with van der Waals surface area (Å²) in [5.74, 6) is 2.63. The van der Waals surface area contributed by atoms with Crippen molar-refractivity contribution in [3.8, 4) is 11.5 Å². The van der Waals surface area contributed by atoms with E-state index in [4.69, 9.17) is 10.5 Å². The summed E-state index contributed by atoms with van der Waals surface area (Å²) in [6.07, 6.45) is 1.81. The van der Waals surface area contributed by atoms with Crippen molar-refractivity contribution in [2.24, 2.45) is 10.7 Å². The van der Waals surface area contributed by atoms with Crippen molar-refractivity contribution in [1.82, 2.24) is 0 Å². The molecule has 0 fully saturated rings. The van der Waals surface area contributed by atoms with Gasteiger partial charge in [-0.3, -0.25) is 4.99 Å². The minimum Gasteiger partial charge on any atom is -0.455 e. The molecule has 2 N–H and O–H groups in total. The number of aliphatic imine (C=N–C) groups is 1. The van der Waals surface area contributed by atoms with Crippen LogP contribution in [0.4, 0.5) is 0 Å². The Morgan fingerprint density at radius 3 is 2.30 bits per heavy atom. The van der Waals surface area contributed by atoms with Gasteiger partial charge in [-0.05, 0) is 65.0 Å². The minimum atomic E-state index is 0.736. The van der Waals surface area contributed by atoms with E-state index in [1.807, 2.05) is 18.2 Å². The van der Waals surface area contributed by atoms with Gasteiger partial charge in [0.05, 0.1) is 5.84 Å². The zero-order valence-electron chi connectivity index (χ0n) is 13.9. The second-order valence-corrected chi connectivity index (χ2v) is 6.43. The summed E-state index contributed by atoms with van der Waals surface area (Å²) in [5.41, 5.74) is 9.71. The fourth-order valence-corrected chi connectivity index (χ4v) is 2.58. The Balaban J connectivity index is 0.000000198. The van der Waals surface area contributed by atoms with Gasteiger partial charge in [-0.2, -0.15) is 0 Å². The Morgan fingerprint density at radius 1 is 1.13 bits per heavy atom. The number of ether oxygens (including phenoxy) is 1. The number of nitrogens with zero attached hydrogens (tertiary/aromatic N) is 1. The van der Waals surface area contributed by atoms with Gasteiger partial charge in [0, 0.05) is 13.0 Å². The Labute approximate surface area is 146 Å². The molecule has 0 spiro atoms. The molecule has 0 amide bonds. The van der Waals surface area contributed by atoms with Crippen LogP contribution in [0.5, 0.6) is 11.5 Å². The van der Waals surface area contributed by atoms with Crippen molar-refractivity contribution in [3.63, 3.8) is 0 Å². The Hall–Kier alpha value is -1.81. The Kier molecular flexibility index (Phi) is 6.22. The number of aryl methyl sites for hydroxylation is 2. The molecule has 2 aromatic rings. The SMILES string of the molecule is Brc1c2cccc1O2.CCCN=C(N)Cc1ccc(C)c(C)c1. The highest BCUT2D eigenvalue weighted by molar-refractivity contribution is 9.10. The molecule has 0 aromatic heterocycles. The molecule has 2 aliphatic rings. The standard InChI is InChI=1S/C13H20N2.C6H3BrO/c1-4-7-15-13(14)9-12-6-5-10(2)11(3)8-12;7-6-4-2-1-3-5(6)8-4/h5-6,8H,4,7,9H2,1-3H3,(H2,14,15);1-3H. The van der Waals surface area contributed by atoms with E-state index in [1.54, 1.807) is 0 Å². The summed E-state index contributed by atoms with van der Waals surface area (Å²) >= 11 is 3.34. The van der Waals surface area contributed by atoms with Gasteiger partial charge in [0.1, 0.15) is 16.0 Å². The van der Waals surface area contributed by atoms with E-state index in [2.05, 4.69) is 59.9 Å². The normalized spacial score (nSPS) is 11.9. The van der Waals surface area contributed by atoms with Gasteiger partial charge < -0.3 is 10.5 Å². The van der Waals surface area contributed by atoms with Crippen LogP contribution in [0.2, 0.25) is 0 Å². The van der Waals surface area contributed by atoms with Crippen LogP contribution in [0.15, 0.2) is 45.9 Å². The number of benzene rings is 2. The number of fused-ring (bicyclic) bond motifs is 2. The highest BCUT2D eigenvalue weighted by Crippen LogP contribution is 2.45. The fraction of sp³-hybridized carbons (Fsp3) is 0.316. The average molecular weight is 375 g/mol. The highest BCUT2D eigenvalue weighted by Gasteiger charge is 2.17. The zero-order chi connectivity index (χ0) is 16.8. The van der Waals surface area contributed by atoms with Gasteiger partial charge in [0.15, 0.2) is 0 Å². The summed E-state index contributed by atoms with van der Waals surface area (Å²) < 4.78 is 6.19. The van der Waals surface area contributed by atoms with Gasteiger partial charge in [-0.25, -0.2) is 0 Å². The third-order valence-electron chi connectivity index (χ3n) is 3.64. The van der Waals surface area contributed by atoms with E-state index in [1.165, 1.54) is 16.7 Å². The lowest BCUT2D eigenvalue weighted by Crippen LogP contribution is -2.15. The lowest BCUT2D eigenvalue weighted by atomic mass is 10.0. The average Bonchev–Trinajstić information content (AvgIpc) is 2.57. The van der Waals surface area contributed by atoms with Gasteiger partial charge in [-0.1, -0.05) is 31.2 Å². The van der Waals surface area contributed by atoms with E-state index < -0.39 is 0 Å². The lowest BCUT2D eigenvalue weighted by molar-refractivity contribution is 0.428. The Bertz CT molecular complexity index is 690. The van der Waals surface area contributed by atoms with Crippen molar-refractivity contribution < 1.29 is 4.74 Å². The van der Waals surface area contributed by atoms with Crippen LogP contribution < -0.4 is 10.5 Å². The highest BCUT2D eigenvalue weighted by atomic mass is 79.9. The molecule has 4 heteroatoms. The summed E-state index contributed by atoms with van der Waals surface area (Å²) in [4.78, 5) is 4.28. The van der Waals surface area contributed by atoms with Crippen molar-refractivity contribution in [2.45, 2.75) is 33.6 Å². The molecule has 0 unspecified atom stereocenters. The molecule has 0 radical (unpaired) electrons. The molecule has 0 atom stereocenters. The van der Waals surface area contributed by atoms with Crippen molar-refractivity contribution in [2.75, 3.05) is 6.54 Å². The smallest absolute Gasteiger partial charge is 0.145 e. The Morgan fingerprint density at radius 2 is 1.83 bits per heavy atom. The number of rotatable bonds is 4. The maximum atomic E-state index is 5.83. The first kappa shape index (κ1) is 17.5. The molecule has 122 valence electrons. The number of halogens is 1. The van der Waals surface area contributed by atoms with Crippen LogP contribution in [0.1, 0.15) is 30.0 Å². The zero-order valence-corrected chi connectivity index (χ0v) is 15.5. The third kappa shape index (κ3) is 4.83. The van der Waals surface area contributed by atoms with E-state index in [0.29, 0.717) is 0 Å². The molecule has 2 heterocycles. The number of hydrogen-bond donors (Lipinski definition) is 1. The monoisotopic (exact) mass is 374 g/mol. The van der Waals surface area contributed by atoms with Crippen molar-refractivity contribution >= 4 is 21.8 Å². The second kappa shape index (κ2) is 8.16. The van der Waals surface area contributed by atoms with Crippen molar-refractivity contribution in [1.29, 1.82) is 0 Å². The maximum Gasteiger partial charge on any atom is 0.145 e. The van der Waals surface area contributed by atoms with Crippen LogP contribution in [0, 0.1) is 13.8 Å². The van der Waals surface area contributed by atoms with Gasteiger partial charge >= 0.3 is 0 Å². The topological polar surface area (TPSA) is 47.6 Å². The van der Waals surface area contributed by atoms with E-state index in [0.717, 1.165) is 41.2 Å². The summed E-state index contributed by atoms with van der Waals surface area (Å²) in [5, 5.41) is 0. The van der Waals surface area contributed by atoms with Crippen LogP contribution in [0.3, 0.4) is 0 Å². The van der Waals surface area contributed by atoms with Gasteiger partial charge in [0.25, 0.3) is 0 Å². The quantitative estimate of drug-likeness (QED) is 0.505. The predicted octanol–water partition coefficient (Wildman–Crippen LogP) is 5.17. The number of hydrogen-bond acceptors (Lipinski definition) is 2. The second-order valence-electron chi connectivity index (χ2n) is 5.64. The number of amidine groups is 1. The summed E-state index contributed by atoms with van der Waals surface area (Å²) in [7, 11) is 0. The molecular weight excluding hydrogens is 352 g/mol. The summed E-state index contributed by atoms with van der Waals surface area (Å²) in [6, 6.07) is 12.3.